The Hall–Kier alpha value is -2.51. The molecule has 1 fully saturated rings. The van der Waals surface area contributed by atoms with Crippen LogP contribution in [0.25, 0.3) is 0 Å². The van der Waals surface area contributed by atoms with Gasteiger partial charge in [0.2, 0.25) is 0 Å². The van der Waals surface area contributed by atoms with Gasteiger partial charge in [0, 0.05) is 25.6 Å². The molecule has 1 saturated heterocycles. The summed E-state index contributed by atoms with van der Waals surface area (Å²) in [4.78, 5) is 27.0. The fraction of sp³-hybridized carbons (Fsp3) is 0.429. The zero-order chi connectivity index (χ0) is 21.0. The van der Waals surface area contributed by atoms with Gasteiger partial charge in [-0.2, -0.15) is 0 Å². The van der Waals surface area contributed by atoms with Gasteiger partial charge in [0.25, 0.3) is 0 Å². The molecule has 2 heterocycles. The van der Waals surface area contributed by atoms with Crippen molar-refractivity contribution in [2.24, 2.45) is 0 Å². The second kappa shape index (κ2) is 9.33. The molecule has 0 saturated carbocycles. The van der Waals surface area contributed by atoms with Crippen molar-refractivity contribution in [1.29, 1.82) is 0 Å². The highest BCUT2D eigenvalue weighted by Gasteiger charge is 2.36. The van der Waals surface area contributed by atoms with Crippen molar-refractivity contribution in [2.45, 2.75) is 24.9 Å². The lowest BCUT2D eigenvalue weighted by Crippen LogP contribution is -2.32. The first-order valence-electron chi connectivity index (χ1n) is 9.29. The number of methoxy groups -OCH3 is 3. The normalized spacial score (nSPS) is 19.4. The summed E-state index contributed by atoms with van der Waals surface area (Å²) in [5.74, 6) is -1.25. The Balaban J connectivity index is 2.04. The van der Waals surface area contributed by atoms with E-state index in [1.807, 2.05) is 0 Å². The van der Waals surface area contributed by atoms with Crippen molar-refractivity contribution in [2.75, 3.05) is 34.5 Å². The molecule has 1 aromatic carbocycles. The Morgan fingerprint density at radius 1 is 1.14 bits per heavy atom. The molecule has 0 aliphatic carbocycles. The monoisotopic (exact) mass is 421 g/mol. The molecule has 0 amide bonds. The molecule has 7 nitrogen and oxygen atoms in total. The van der Waals surface area contributed by atoms with Crippen LogP contribution >= 0.6 is 11.6 Å². The molecule has 0 N–H and O–H groups in total. The second-order valence-corrected chi connectivity index (χ2v) is 7.22. The van der Waals surface area contributed by atoms with E-state index in [1.54, 1.807) is 35.5 Å². The van der Waals surface area contributed by atoms with E-state index in [2.05, 4.69) is 0 Å². The van der Waals surface area contributed by atoms with Crippen molar-refractivity contribution in [3.05, 3.63) is 52.3 Å². The van der Waals surface area contributed by atoms with E-state index in [-0.39, 0.29) is 6.10 Å². The third-order valence-corrected chi connectivity index (χ3v) is 5.32. The zero-order valence-electron chi connectivity index (χ0n) is 16.6. The fourth-order valence-corrected chi connectivity index (χ4v) is 3.90. The van der Waals surface area contributed by atoms with E-state index in [0.29, 0.717) is 40.6 Å². The maximum atomic E-state index is 12.6. The minimum absolute atomic E-state index is 0.0345. The molecule has 0 radical (unpaired) electrons. The molecular weight excluding hydrogens is 398 g/mol. The number of rotatable bonds is 6. The summed E-state index contributed by atoms with van der Waals surface area (Å²) in [6, 6.07) is 5.13. The fourth-order valence-electron chi connectivity index (χ4n) is 3.64. The molecule has 156 valence electrons. The maximum Gasteiger partial charge on any atom is 0.336 e. The summed E-state index contributed by atoms with van der Waals surface area (Å²) in [6.07, 6.45) is 5.35. The number of hydrogen-bond acceptors (Lipinski definition) is 7. The molecule has 1 atom stereocenters. The van der Waals surface area contributed by atoms with Crippen molar-refractivity contribution in [3.63, 3.8) is 0 Å². The Bertz CT molecular complexity index is 810. The van der Waals surface area contributed by atoms with Gasteiger partial charge in [-0.15, -0.1) is 0 Å². The number of nitrogens with zero attached hydrogens (tertiary/aromatic N) is 1. The molecule has 3 rings (SSSR count). The topological polar surface area (TPSA) is 74.3 Å². The summed E-state index contributed by atoms with van der Waals surface area (Å²) in [7, 11) is 4.13. The van der Waals surface area contributed by atoms with E-state index >= 15 is 0 Å². The average molecular weight is 422 g/mol. The zero-order valence-corrected chi connectivity index (χ0v) is 17.4. The number of carbonyl (C=O) groups is 2. The number of hydrogen-bond donors (Lipinski definition) is 0. The molecule has 0 spiro atoms. The molecule has 0 bridgehead atoms. The Morgan fingerprint density at radius 3 is 2.28 bits per heavy atom. The lowest BCUT2D eigenvalue weighted by molar-refractivity contribution is -0.137. The van der Waals surface area contributed by atoms with Crippen LogP contribution in [0.3, 0.4) is 0 Å². The van der Waals surface area contributed by atoms with Crippen LogP contribution in [0.15, 0.2) is 41.7 Å². The van der Waals surface area contributed by atoms with Gasteiger partial charge in [-0.25, -0.2) is 9.59 Å². The molecule has 2 aliphatic rings. The molecule has 0 aromatic heterocycles. The van der Waals surface area contributed by atoms with E-state index in [9.17, 15) is 9.59 Å². The SMILES string of the molecule is COC(=O)C1=CN(CC2CCCO2)C=C(C(=O)OC)C1c1ccc(OC)c(Cl)c1. The van der Waals surface area contributed by atoms with Crippen molar-refractivity contribution < 1.29 is 28.5 Å². The van der Waals surface area contributed by atoms with Gasteiger partial charge in [0.05, 0.1) is 49.5 Å². The maximum absolute atomic E-state index is 12.6. The highest BCUT2D eigenvalue weighted by atomic mass is 35.5. The highest BCUT2D eigenvalue weighted by molar-refractivity contribution is 6.32. The van der Waals surface area contributed by atoms with Crippen LogP contribution in [0.4, 0.5) is 0 Å². The Kier molecular flexibility index (Phi) is 6.82. The predicted octanol–water partition coefficient (Wildman–Crippen LogP) is 3.04. The molecule has 29 heavy (non-hydrogen) atoms. The third kappa shape index (κ3) is 4.57. The number of ether oxygens (including phenoxy) is 4. The minimum Gasteiger partial charge on any atom is -0.495 e. The van der Waals surface area contributed by atoms with Crippen LogP contribution in [-0.2, 0) is 23.8 Å². The number of carbonyl (C=O) groups excluding carboxylic acids is 2. The van der Waals surface area contributed by atoms with Gasteiger partial charge < -0.3 is 23.8 Å². The van der Waals surface area contributed by atoms with Crippen molar-refractivity contribution >= 4 is 23.5 Å². The van der Waals surface area contributed by atoms with Crippen LogP contribution < -0.4 is 4.74 Å². The van der Waals surface area contributed by atoms with Gasteiger partial charge >= 0.3 is 11.9 Å². The molecular formula is C21H24ClNO6. The van der Waals surface area contributed by atoms with Crippen LogP contribution in [0.1, 0.15) is 24.3 Å². The quantitative estimate of drug-likeness (QED) is 0.653. The molecule has 2 aliphatic heterocycles. The summed E-state index contributed by atoms with van der Waals surface area (Å²) >= 11 is 6.29. The van der Waals surface area contributed by atoms with Gasteiger partial charge in [0.1, 0.15) is 5.75 Å². The third-order valence-electron chi connectivity index (χ3n) is 5.02. The lowest BCUT2D eigenvalue weighted by atomic mass is 9.83. The van der Waals surface area contributed by atoms with E-state index in [1.165, 1.54) is 21.3 Å². The smallest absolute Gasteiger partial charge is 0.336 e. The largest absolute Gasteiger partial charge is 0.495 e. The van der Waals surface area contributed by atoms with Gasteiger partial charge in [-0.1, -0.05) is 17.7 Å². The summed E-state index contributed by atoms with van der Waals surface area (Å²) in [5, 5.41) is 0.375. The van der Waals surface area contributed by atoms with Gasteiger partial charge in [0.15, 0.2) is 0 Å². The first-order valence-corrected chi connectivity index (χ1v) is 9.67. The highest BCUT2D eigenvalue weighted by Crippen LogP contribution is 2.39. The first-order chi connectivity index (χ1) is 14.0. The number of esters is 2. The number of halogens is 1. The van der Waals surface area contributed by atoms with Gasteiger partial charge in [-0.3, -0.25) is 0 Å². The standard InChI is InChI=1S/C21H24ClNO6/c1-26-18-7-6-13(9-17(18)22)19-15(20(24)27-2)11-23(10-14-5-4-8-29-14)12-16(19)21(25)28-3/h6-7,9,11-12,14,19H,4-5,8,10H2,1-3H3. The number of benzene rings is 1. The van der Waals surface area contributed by atoms with E-state index in [4.69, 9.17) is 30.5 Å². The van der Waals surface area contributed by atoms with Crippen molar-refractivity contribution in [3.8, 4) is 5.75 Å². The van der Waals surface area contributed by atoms with Crippen molar-refractivity contribution in [1.82, 2.24) is 4.90 Å². The Labute approximate surface area is 174 Å². The van der Waals surface area contributed by atoms with Crippen LogP contribution in [0, 0.1) is 0 Å². The van der Waals surface area contributed by atoms with Gasteiger partial charge in [-0.05, 0) is 30.5 Å². The minimum atomic E-state index is -0.681. The summed E-state index contributed by atoms with van der Waals surface area (Å²) in [5.41, 5.74) is 1.28. The lowest BCUT2D eigenvalue weighted by Gasteiger charge is -2.31. The summed E-state index contributed by atoms with van der Waals surface area (Å²) < 4.78 is 20.9. The molecule has 1 unspecified atom stereocenters. The summed E-state index contributed by atoms with van der Waals surface area (Å²) in [6.45, 7) is 1.24. The molecule has 1 aromatic rings. The first kappa shape index (κ1) is 21.2. The Morgan fingerprint density at radius 2 is 1.79 bits per heavy atom. The van der Waals surface area contributed by atoms with Crippen LogP contribution in [-0.4, -0.2) is 57.4 Å². The average Bonchev–Trinajstić information content (AvgIpc) is 3.24. The predicted molar refractivity (Wildman–Crippen MR) is 107 cm³/mol. The van der Waals surface area contributed by atoms with Crippen LogP contribution in [0.2, 0.25) is 5.02 Å². The molecule has 8 heteroatoms. The van der Waals surface area contributed by atoms with E-state index in [0.717, 1.165) is 12.8 Å². The van der Waals surface area contributed by atoms with E-state index < -0.39 is 17.9 Å². The van der Waals surface area contributed by atoms with Crippen LogP contribution in [0.5, 0.6) is 5.75 Å². The second-order valence-electron chi connectivity index (χ2n) is 6.81.